The fourth-order valence-corrected chi connectivity index (χ4v) is 10.2. The molecule has 320 valence electrons. The zero-order valence-electron chi connectivity index (χ0n) is 34.9. The lowest BCUT2D eigenvalue weighted by Gasteiger charge is -2.39. The predicted molar refractivity (Wildman–Crippen MR) is 231 cm³/mol. The lowest BCUT2D eigenvalue weighted by molar-refractivity contribution is -0.125. The molecule has 2 aromatic carbocycles. The molecule has 61 heavy (non-hydrogen) atoms. The number of hydrogen-bond donors (Lipinski definition) is 3. The standard InChI is InChI=1S/C45H55N11O5/c1-28-7-14-37(42(58)48-28)56-43(59)35-13-12-33(23-36(35)44(56)60)53-17-3-5-29(26-53)25-52-19-15-31(16-20-52)30-8-10-32(11-9-30)49-41-39(40(46)57)47-24-38(50-41)54-18-4-6-34(27-54)55-22-21-51(2)45(55)61/h8-13,23-24,29,31,34,37H,1,3-7,14-22,25-27H2,2H3,(H2,46,57)(H,48,58)(H,49,50)/t29-,34-,37?/m1/s1. The number of carbonyl (C=O) groups excluding carboxylic acids is 5. The molecule has 6 aliphatic heterocycles. The maximum absolute atomic E-state index is 13.5. The van der Waals surface area contributed by atoms with Crippen LogP contribution in [-0.4, -0.2) is 137 Å². The third-order valence-electron chi connectivity index (χ3n) is 13.6. The molecular weight excluding hydrogens is 775 g/mol. The first-order chi connectivity index (χ1) is 29.5. The lowest BCUT2D eigenvalue weighted by atomic mass is 9.88. The first-order valence-electron chi connectivity index (χ1n) is 21.8. The van der Waals surface area contributed by atoms with Crippen molar-refractivity contribution in [2.24, 2.45) is 11.7 Å². The van der Waals surface area contributed by atoms with E-state index in [0.29, 0.717) is 59.7 Å². The fraction of sp³-hybridized carbons (Fsp3) is 0.489. The second kappa shape index (κ2) is 16.8. The van der Waals surface area contributed by atoms with Crippen molar-refractivity contribution < 1.29 is 24.0 Å². The van der Waals surface area contributed by atoms with Gasteiger partial charge in [0, 0.05) is 69.9 Å². The van der Waals surface area contributed by atoms with Gasteiger partial charge in [-0.2, -0.15) is 0 Å². The molecule has 4 N–H and O–H groups in total. The van der Waals surface area contributed by atoms with Crippen molar-refractivity contribution in [3.63, 3.8) is 0 Å². The van der Waals surface area contributed by atoms with E-state index in [4.69, 9.17) is 10.7 Å². The average Bonchev–Trinajstić information content (AvgIpc) is 3.73. The molecule has 7 heterocycles. The number of nitrogens with one attached hydrogen (secondary N) is 2. The van der Waals surface area contributed by atoms with Crippen LogP contribution in [0.25, 0.3) is 0 Å². The number of benzene rings is 2. The van der Waals surface area contributed by atoms with E-state index in [1.54, 1.807) is 17.2 Å². The second-order valence-corrected chi connectivity index (χ2v) is 17.6. The van der Waals surface area contributed by atoms with Crippen LogP contribution in [0.3, 0.4) is 0 Å². The van der Waals surface area contributed by atoms with Gasteiger partial charge in [-0.05, 0) is 112 Å². The Morgan fingerprint density at radius 2 is 1.62 bits per heavy atom. The minimum Gasteiger partial charge on any atom is -0.371 e. The number of likely N-dealkylation sites (tertiary alicyclic amines) is 1. The molecule has 3 atom stereocenters. The van der Waals surface area contributed by atoms with Crippen molar-refractivity contribution in [2.45, 2.75) is 69.4 Å². The van der Waals surface area contributed by atoms with E-state index in [9.17, 15) is 24.0 Å². The van der Waals surface area contributed by atoms with Crippen molar-refractivity contribution >= 4 is 52.7 Å². The Bertz CT molecular complexity index is 2240. The summed E-state index contributed by atoms with van der Waals surface area (Å²) in [6, 6.07) is 13.2. The summed E-state index contributed by atoms with van der Waals surface area (Å²) in [5, 5.41) is 6.01. The summed E-state index contributed by atoms with van der Waals surface area (Å²) in [6.45, 7) is 11.5. The van der Waals surface area contributed by atoms with Crippen LogP contribution < -0.4 is 26.2 Å². The van der Waals surface area contributed by atoms with E-state index in [2.05, 4.69) is 49.0 Å². The van der Waals surface area contributed by atoms with Crippen molar-refractivity contribution in [3.05, 3.63) is 83.3 Å². The van der Waals surface area contributed by atoms with Crippen molar-refractivity contribution in [2.75, 3.05) is 81.1 Å². The zero-order chi connectivity index (χ0) is 42.4. The summed E-state index contributed by atoms with van der Waals surface area (Å²) in [7, 11) is 1.84. The van der Waals surface area contributed by atoms with Gasteiger partial charge < -0.3 is 40.9 Å². The molecule has 0 spiro atoms. The van der Waals surface area contributed by atoms with Crippen molar-refractivity contribution in [3.8, 4) is 0 Å². The molecule has 9 rings (SSSR count). The van der Waals surface area contributed by atoms with E-state index in [-0.39, 0.29) is 23.7 Å². The highest BCUT2D eigenvalue weighted by molar-refractivity contribution is 6.23. The van der Waals surface area contributed by atoms with Gasteiger partial charge in [-0.15, -0.1) is 0 Å². The van der Waals surface area contributed by atoms with Gasteiger partial charge in [-0.1, -0.05) is 18.7 Å². The number of hydrogen-bond acceptors (Lipinski definition) is 11. The molecule has 0 radical (unpaired) electrons. The number of imide groups is 1. The van der Waals surface area contributed by atoms with Crippen LogP contribution in [0.5, 0.6) is 0 Å². The largest absolute Gasteiger partial charge is 0.371 e. The summed E-state index contributed by atoms with van der Waals surface area (Å²) in [5.41, 5.74) is 10.2. The van der Waals surface area contributed by atoms with Crippen molar-refractivity contribution in [1.29, 1.82) is 0 Å². The van der Waals surface area contributed by atoms with Gasteiger partial charge in [0.1, 0.15) is 11.9 Å². The highest BCUT2D eigenvalue weighted by atomic mass is 16.2. The molecule has 16 heteroatoms. The molecule has 5 fully saturated rings. The van der Waals surface area contributed by atoms with Gasteiger partial charge in [0.25, 0.3) is 17.7 Å². The SMILES string of the molecule is C=C1CCC(N2C(=O)c3ccc(N4CCC[C@H](CN5CCC(c6ccc(Nc7nc(N8CCC[C@@H](N9CCN(C)C9=O)C8)cnc7C(N)=O)cc6)CC5)C4)cc3C2=O)C(=O)N1. The highest BCUT2D eigenvalue weighted by Gasteiger charge is 2.44. The van der Waals surface area contributed by atoms with Gasteiger partial charge in [0.15, 0.2) is 11.5 Å². The van der Waals surface area contributed by atoms with E-state index in [1.807, 2.05) is 36.2 Å². The van der Waals surface area contributed by atoms with E-state index >= 15 is 0 Å². The number of allylic oxidation sites excluding steroid dienone is 1. The Morgan fingerprint density at radius 1 is 0.869 bits per heavy atom. The van der Waals surface area contributed by atoms with Crippen molar-refractivity contribution in [1.82, 2.24) is 34.9 Å². The normalized spacial score (nSPS) is 24.1. The van der Waals surface area contributed by atoms with Crippen LogP contribution in [0.2, 0.25) is 0 Å². The molecule has 0 saturated carbocycles. The molecule has 6 aliphatic rings. The maximum Gasteiger partial charge on any atom is 0.320 e. The number of rotatable bonds is 10. The molecule has 0 bridgehead atoms. The molecule has 0 aliphatic carbocycles. The summed E-state index contributed by atoms with van der Waals surface area (Å²) in [4.78, 5) is 85.7. The number of carbonyl (C=O) groups is 5. The first-order valence-corrected chi connectivity index (χ1v) is 21.8. The molecule has 6 amide bonds. The Hall–Kier alpha value is -6.03. The average molecular weight is 830 g/mol. The van der Waals surface area contributed by atoms with Crippen LogP contribution in [0.15, 0.2) is 60.9 Å². The third kappa shape index (κ3) is 8.12. The quantitative estimate of drug-likeness (QED) is 0.250. The van der Waals surface area contributed by atoms with Crippen LogP contribution in [0.4, 0.5) is 27.8 Å². The monoisotopic (exact) mass is 829 g/mol. The lowest BCUT2D eigenvalue weighted by Crippen LogP contribution is -2.51. The molecule has 5 saturated heterocycles. The fourth-order valence-electron chi connectivity index (χ4n) is 10.2. The topological polar surface area (TPSA) is 181 Å². The number of nitrogens with zero attached hydrogens (tertiary/aromatic N) is 8. The number of likely N-dealkylation sites (N-methyl/N-ethyl adjacent to an activating group) is 1. The van der Waals surface area contributed by atoms with Gasteiger partial charge in [0.05, 0.1) is 23.4 Å². The number of primary amides is 1. The van der Waals surface area contributed by atoms with Gasteiger partial charge >= 0.3 is 6.03 Å². The predicted octanol–water partition coefficient (Wildman–Crippen LogP) is 4.14. The number of piperidine rings is 4. The first kappa shape index (κ1) is 40.4. The number of nitrogens with two attached hydrogens (primary N) is 1. The minimum atomic E-state index is -0.819. The Balaban J connectivity index is 0.781. The molecule has 3 aromatic rings. The number of amides is 6. The summed E-state index contributed by atoms with van der Waals surface area (Å²) >= 11 is 0. The van der Waals surface area contributed by atoms with E-state index in [1.165, 1.54) is 5.56 Å². The maximum atomic E-state index is 13.5. The van der Waals surface area contributed by atoms with Gasteiger partial charge in [-0.3, -0.25) is 24.1 Å². The Morgan fingerprint density at radius 3 is 2.36 bits per heavy atom. The Labute approximate surface area is 356 Å². The molecule has 1 unspecified atom stereocenters. The molecular formula is C45H55N11O5. The second-order valence-electron chi connectivity index (χ2n) is 17.6. The van der Waals surface area contributed by atoms with Crippen LogP contribution in [-0.2, 0) is 4.79 Å². The van der Waals surface area contributed by atoms with Crippen LogP contribution in [0, 0.1) is 5.92 Å². The minimum absolute atomic E-state index is 0.0640. The van der Waals surface area contributed by atoms with Crippen LogP contribution in [0.1, 0.15) is 94.1 Å². The number of aromatic nitrogens is 2. The molecule has 1 aromatic heterocycles. The number of urea groups is 1. The van der Waals surface area contributed by atoms with E-state index in [0.717, 1.165) is 107 Å². The zero-order valence-corrected chi connectivity index (χ0v) is 34.9. The van der Waals surface area contributed by atoms with Gasteiger partial charge in [-0.25, -0.2) is 14.8 Å². The number of anilines is 4. The van der Waals surface area contributed by atoms with Crippen LogP contribution >= 0.6 is 0 Å². The third-order valence-corrected chi connectivity index (χ3v) is 13.6. The van der Waals surface area contributed by atoms with E-state index < -0.39 is 23.8 Å². The number of fused-ring (bicyclic) bond motifs is 1. The smallest absolute Gasteiger partial charge is 0.320 e. The van der Waals surface area contributed by atoms with Gasteiger partial charge in [0.2, 0.25) is 5.91 Å². The highest BCUT2D eigenvalue weighted by Crippen LogP contribution is 2.35. The summed E-state index contributed by atoms with van der Waals surface area (Å²) in [6.07, 6.45) is 8.69. The molecule has 16 nitrogen and oxygen atoms in total. The summed E-state index contributed by atoms with van der Waals surface area (Å²) in [5.74, 6) is 0.0621. The Kier molecular flexibility index (Phi) is 11.1. The summed E-state index contributed by atoms with van der Waals surface area (Å²) < 4.78 is 0.